The van der Waals surface area contributed by atoms with Gasteiger partial charge in [-0.2, -0.15) is 0 Å². The van der Waals surface area contributed by atoms with Gasteiger partial charge >= 0.3 is 0 Å². The molecule has 0 spiro atoms. The number of pyridine rings is 1. The maximum atomic E-state index is 12.1. The van der Waals surface area contributed by atoms with Gasteiger partial charge in [-0.3, -0.25) is 9.69 Å². The van der Waals surface area contributed by atoms with Crippen molar-refractivity contribution in [2.45, 2.75) is 44.7 Å². The Morgan fingerprint density at radius 3 is 2.77 bits per heavy atom. The Hall–Kier alpha value is -1.62. The SMILES string of the molecule is CC(CNC(=O)c1ccc(OCC2CC2)nc1)N(C)C1CC1. The highest BCUT2D eigenvalue weighted by Crippen LogP contribution is 2.29. The molecule has 3 rings (SSSR count). The topological polar surface area (TPSA) is 54.5 Å². The standard InChI is InChI=1S/C17H25N3O2/c1-12(20(2)15-6-7-15)9-19-17(21)14-5-8-16(18-10-14)22-11-13-3-4-13/h5,8,10,12-13,15H,3-4,6-7,9,11H2,1-2H3,(H,19,21). The highest BCUT2D eigenvalue weighted by atomic mass is 16.5. The Balaban J connectivity index is 1.44. The van der Waals surface area contributed by atoms with Gasteiger partial charge in [0.25, 0.3) is 5.91 Å². The van der Waals surface area contributed by atoms with E-state index in [4.69, 9.17) is 4.74 Å². The molecule has 0 saturated heterocycles. The molecule has 5 nitrogen and oxygen atoms in total. The van der Waals surface area contributed by atoms with Gasteiger partial charge in [-0.25, -0.2) is 4.98 Å². The molecule has 120 valence electrons. The third kappa shape index (κ3) is 4.19. The van der Waals surface area contributed by atoms with Crippen molar-refractivity contribution in [3.8, 4) is 5.88 Å². The van der Waals surface area contributed by atoms with E-state index in [1.54, 1.807) is 18.3 Å². The summed E-state index contributed by atoms with van der Waals surface area (Å²) in [5.74, 6) is 1.23. The Morgan fingerprint density at radius 1 is 1.41 bits per heavy atom. The maximum absolute atomic E-state index is 12.1. The lowest BCUT2D eigenvalue weighted by molar-refractivity contribution is 0.0939. The quantitative estimate of drug-likeness (QED) is 0.799. The molecule has 1 unspecified atom stereocenters. The van der Waals surface area contributed by atoms with Crippen molar-refractivity contribution >= 4 is 5.91 Å². The molecule has 1 aromatic rings. The van der Waals surface area contributed by atoms with Crippen LogP contribution in [0.15, 0.2) is 18.3 Å². The van der Waals surface area contributed by atoms with Gasteiger partial charge in [0.1, 0.15) is 0 Å². The zero-order chi connectivity index (χ0) is 15.5. The summed E-state index contributed by atoms with van der Waals surface area (Å²) in [5, 5.41) is 2.98. The van der Waals surface area contributed by atoms with Crippen molar-refractivity contribution < 1.29 is 9.53 Å². The number of hydrogen-bond acceptors (Lipinski definition) is 4. The molecular formula is C17H25N3O2. The summed E-state index contributed by atoms with van der Waals surface area (Å²) in [6.07, 6.45) is 6.66. The van der Waals surface area contributed by atoms with E-state index in [2.05, 4.69) is 29.2 Å². The van der Waals surface area contributed by atoms with Gasteiger partial charge in [-0.1, -0.05) is 0 Å². The van der Waals surface area contributed by atoms with Gasteiger partial charge < -0.3 is 10.1 Å². The van der Waals surface area contributed by atoms with Gasteiger partial charge in [-0.15, -0.1) is 0 Å². The second kappa shape index (κ2) is 6.65. The molecule has 2 fully saturated rings. The van der Waals surface area contributed by atoms with Gasteiger partial charge in [-0.05, 0) is 51.6 Å². The third-order valence-corrected chi connectivity index (χ3v) is 4.54. The number of amides is 1. The van der Waals surface area contributed by atoms with Gasteiger partial charge in [0.05, 0.1) is 12.2 Å². The third-order valence-electron chi connectivity index (χ3n) is 4.54. The van der Waals surface area contributed by atoms with Crippen LogP contribution in [0.2, 0.25) is 0 Å². The maximum Gasteiger partial charge on any atom is 0.252 e. The number of ether oxygens (including phenoxy) is 1. The molecule has 0 radical (unpaired) electrons. The fourth-order valence-electron chi connectivity index (χ4n) is 2.42. The van der Waals surface area contributed by atoms with Crippen LogP contribution in [0.3, 0.4) is 0 Å². The lowest BCUT2D eigenvalue weighted by atomic mass is 10.2. The van der Waals surface area contributed by atoms with Crippen molar-refractivity contribution in [1.29, 1.82) is 0 Å². The number of nitrogens with one attached hydrogen (secondary N) is 1. The fourth-order valence-corrected chi connectivity index (χ4v) is 2.42. The highest BCUT2D eigenvalue weighted by molar-refractivity contribution is 5.93. The van der Waals surface area contributed by atoms with E-state index in [-0.39, 0.29) is 5.91 Å². The molecule has 22 heavy (non-hydrogen) atoms. The van der Waals surface area contributed by atoms with Crippen LogP contribution >= 0.6 is 0 Å². The number of carbonyl (C=O) groups excluding carboxylic acids is 1. The minimum Gasteiger partial charge on any atom is -0.477 e. The van der Waals surface area contributed by atoms with Crippen LogP contribution in [0.5, 0.6) is 5.88 Å². The number of rotatable bonds is 8. The number of hydrogen-bond donors (Lipinski definition) is 1. The van der Waals surface area contributed by atoms with E-state index in [1.165, 1.54) is 25.7 Å². The summed E-state index contributed by atoms with van der Waals surface area (Å²) in [4.78, 5) is 18.7. The molecule has 1 atom stereocenters. The predicted molar refractivity (Wildman–Crippen MR) is 85.0 cm³/mol. The normalized spacial score (nSPS) is 19.0. The molecular weight excluding hydrogens is 278 g/mol. The first-order valence-corrected chi connectivity index (χ1v) is 8.22. The van der Waals surface area contributed by atoms with Crippen LogP contribution in [0.25, 0.3) is 0 Å². The second-order valence-electron chi connectivity index (χ2n) is 6.60. The lowest BCUT2D eigenvalue weighted by Crippen LogP contribution is -2.41. The van der Waals surface area contributed by atoms with Crippen molar-refractivity contribution in [1.82, 2.24) is 15.2 Å². The van der Waals surface area contributed by atoms with Gasteiger partial charge in [0.2, 0.25) is 5.88 Å². The second-order valence-corrected chi connectivity index (χ2v) is 6.60. The van der Waals surface area contributed by atoms with E-state index in [1.807, 2.05) is 0 Å². The van der Waals surface area contributed by atoms with Crippen LogP contribution in [0.1, 0.15) is 43.0 Å². The summed E-state index contributed by atoms with van der Waals surface area (Å²) >= 11 is 0. The smallest absolute Gasteiger partial charge is 0.252 e. The average molecular weight is 303 g/mol. The lowest BCUT2D eigenvalue weighted by Gasteiger charge is -2.24. The van der Waals surface area contributed by atoms with Gasteiger partial charge in [0, 0.05) is 30.9 Å². The molecule has 0 aliphatic heterocycles. The minimum absolute atomic E-state index is 0.0720. The molecule has 2 aliphatic carbocycles. The first-order valence-electron chi connectivity index (χ1n) is 8.22. The number of aromatic nitrogens is 1. The summed E-state index contributed by atoms with van der Waals surface area (Å²) < 4.78 is 5.58. The van der Waals surface area contributed by atoms with Crippen LogP contribution in [-0.2, 0) is 0 Å². The average Bonchev–Trinajstić information content (AvgIpc) is 3.42. The molecule has 1 aromatic heterocycles. The zero-order valence-corrected chi connectivity index (χ0v) is 13.4. The summed E-state index contributed by atoms with van der Waals surface area (Å²) in [6.45, 7) is 3.54. The molecule has 0 aromatic carbocycles. The minimum atomic E-state index is -0.0720. The van der Waals surface area contributed by atoms with E-state index < -0.39 is 0 Å². The fraction of sp³-hybridized carbons (Fsp3) is 0.647. The summed E-state index contributed by atoms with van der Waals surface area (Å²) in [6, 6.07) is 4.61. The number of carbonyl (C=O) groups is 1. The zero-order valence-electron chi connectivity index (χ0n) is 13.4. The number of likely N-dealkylation sites (N-methyl/N-ethyl adjacent to an activating group) is 1. The van der Waals surface area contributed by atoms with Crippen molar-refractivity contribution in [3.63, 3.8) is 0 Å². The predicted octanol–water partition coefficient (Wildman–Crippen LogP) is 2.08. The first kappa shape index (κ1) is 15.3. The van der Waals surface area contributed by atoms with Crippen LogP contribution < -0.4 is 10.1 Å². The highest BCUT2D eigenvalue weighted by Gasteiger charge is 2.29. The van der Waals surface area contributed by atoms with Crippen molar-refractivity contribution in [2.24, 2.45) is 5.92 Å². The number of nitrogens with zero attached hydrogens (tertiary/aromatic N) is 2. The molecule has 0 bridgehead atoms. The Morgan fingerprint density at radius 2 is 2.18 bits per heavy atom. The molecule has 5 heteroatoms. The molecule has 1 amide bonds. The molecule has 2 aliphatic rings. The van der Waals surface area contributed by atoms with Crippen LogP contribution in [0.4, 0.5) is 0 Å². The Bertz CT molecular complexity index is 509. The summed E-state index contributed by atoms with van der Waals surface area (Å²) in [5.41, 5.74) is 0.583. The Labute approximate surface area is 132 Å². The monoisotopic (exact) mass is 303 g/mol. The summed E-state index contributed by atoms with van der Waals surface area (Å²) in [7, 11) is 2.13. The Kier molecular flexibility index (Phi) is 4.62. The van der Waals surface area contributed by atoms with E-state index >= 15 is 0 Å². The molecule has 2 saturated carbocycles. The van der Waals surface area contributed by atoms with E-state index in [0.29, 0.717) is 36.0 Å². The van der Waals surface area contributed by atoms with E-state index in [0.717, 1.165) is 6.61 Å². The van der Waals surface area contributed by atoms with Crippen LogP contribution in [-0.4, -0.2) is 48.1 Å². The molecule has 1 heterocycles. The van der Waals surface area contributed by atoms with Crippen molar-refractivity contribution in [3.05, 3.63) is 23.9 Å². The molecule has 1 N–H and O–H groups in total. The largest absolute Gasteiger partial charge is 0.477 e. The van der Waals surface area contributed by atoms with Crippen molar-refractivity contribution in [2.75, 3.05) is 20.2 Å². The first-order chi connectivity index (χ1) is 10.6. The van der Waals surface area contributed by atoms with Gasteiger partial charge in [0.15, 0.2) is 0 Å². The van der Waals surface area contributed by atoms with Crippen LogP contribution in [0, 0.1) is 5.92 Å². The van der Waals surface area contributed by atoms with E-state index in [9.17, 15) is 4.79 Å².